The summed E-state index contributed by atoms with van der Waals surface area (Å²) in [5.74, 6) is -0.627. The van der Waals surface area contributed by atoms with Crippen molar-refractivity contribution in [3.8, 4) is 0 Å². The smallest absolute Gasteiger partial charge is 0.283 e. The molecule has 0 saturated heterocycles. The number of aliphatic hydroxyl groups is 1. The molecule has 1 N–H and O–H groups in total. The predicted molar refractivity (Wildman–Crippen MR) is 51.7 cm³/mol. The molecule has 0 radical (unpaired) electrons. The van der Waals surface area contributed by atoms with Gasteiger partial charge in [0.1, 0.15) is 5.82 Å². The van der Waals surface area contributed by atoms with Crippen molar-refractivity contribution in [3.05, 3.63) is 37.2 Å². The topological polar surface area (TPSA) is 63.4 Å². The molecular formula is C7H5FINO3. The Morgan fingerprint density at radius 3 is 2.69 bits per heavy atom. The van der Waals surface area contributed by atoms with Crippen LogP contribution in [-0.2, 0) is 6.61 Å². The largest absolute Gasteiger partial charge is 0.392 e. The van der Waals surface area contributed by atoms with Gasteiger partial charge in [0.05, 0.1) is 15.1 Å². The maximum atomic E-state index is 12.9. The fraction of sp³-hybridized carbons (Fsp3) is 0.143. The lowest BCUT2D eigenvalue weighted by Crippen LogP contribution is -1.99. The van der Waals surface area contributed by atoms with E-state index in [2.05, 4.69) is 0 Å². The molecule has 13 heavy (non-hydrogen) atoms. The fourth-order valence-electron chi connectivity index (χ4n) is 0.871. The van der Waals surface area contributed by atoms with Gasteiger partial charge in [-0.3, -0.25) is 10.1 Å². The first-order chi connectivity index (χ1) is 6.07. The van der Waals surface area contributed by atoms with Gasteiger partial charge in [0.25, 0.3) is 5.69 Å². The highest BCUT2D eigenvalue weighted by Gasteiger charge is 2.17. The Morgan fingerprint density at radius 2 is 2.23 bits per heavy atom. The van der Waals surface area contributed by atoms with E-state index in [-0.39, 0.29) is 14.8 Å². The summed E-state index contributed by atoms with van der Waals surface area (Å²) in [4.78, 5) is 9.79. The molecule has 0 aromatic heterocycles. The summed E-state index contributed by atoms with van der Waals surface area (Å²) in [6.45, 7) is -0.536. The fourth-order valence-corrected chi connectivity index (χ4v) is 1.68. The van der Waals surface area contributed by atoms with E-state index in [4.69, 9.17) is 5.11 Å². The molecule has 0 aliphatic carbocycles. The van der Waals surface area contributed by atoms with E-state index < -0.39 is 17.3 Å². The van der Waals surface area contributed by atoms with Crippen LogP contribution in [0, 0.1) is 19.5 Å². The summed E-state index contributed by atoms with van der Waals surface area (Å²) in [5.41, 5.74) is -0.221. The summed E-state index contributed by atoms with van der Waals surface area (Å²) >= 11 is 1.64. The minimum absolute atomic E-state index is 0.0326. The molecule has 1 aromatic rings. The maximum Gasteiger partial charge on any atom is 0.283 e. The number of nitrogens with zero attached hydrogens (tertiary/aromatic N) is 1. The normalized spacial score (nSPS) is 10.1. The van der Waals surface area contributed by atoms with Gasteiger partial charge in [0, 0.05) is 11.6 Å². The van der Waals surface area contributed by atoms with Crippen LogP contribution in [0.2, 0.25) is 0 Å². The number of aliphatic hydroxyl groups excluding tert-OH is 1. The maximum absolute atomic E-state index is 12.9. The number of nitro benzene ring substituents is 1. The standard InChI is InChI=1S/C7H5FINO3/c8-5-1-2-6(10(12)13)7(9)4(5)3-11/h1-2,11H,3H2. The molecule has 0 spiro atoms. The van der Waals surface area contributed by atoms with Crippen molar-refractivity contribution in [1.82, 2.24) is 0 Å². The summed E-state index contributed by atoms with van der Waals surface area (Å²) in [5, 5.41) is 19.1. The first-order valence-corrected chi connectivity index (χ1v) is 4.38. The van der Waals surface area contributed by atoms with Crippen molar-refractivity contribution in [2.75, 3.05) is 0 Å². The van der Waals surface area contributed by atoms with Crippen LogP contribution in [0.4, 0.5) is 10.1 Å². The lowest BCUT2D eigenvalue weighted by Gasteiger charge is -2.02. The van der Waals surface area contributed by atoms with E-state index >= 15 is 0 Å². The molecule has 70 valence electrons. The Labute approximate surface area is 86.7 Å². The van der Waals surface area contributed by atoms with Gasteiger partial charge in [-0.2, -0.15) is 0 Å². The van der Waals surface area contributed by atoms with Crippen LogP contribution in [0.5, 0.6) is 0 Å². The Balaban J connectivity index is 3.35. The summed E-state index contributed by atoms with van der Waals surface area (Å²) in [6.07, 6.45) is 0. The molecule has 0 unspecified atom stereocenters. The molecule has 0 aliphatic heterocycles. The number of benzene rings is 1. The average Bonchev–Trinajstić information content (AvgIpc) is 2.04. The SMILES string of the molecule is O=[N+]([O-])c1ccc(F)c(CO)c1I. The average molecular weight is 297 g/mol. The van der Waals surface area contributed by atoms with Crippen LogP contribution in [-0.4, -0.2) is 10.0 Å². The van der Waals surface area contributed by atoms with Crippen molar-refractivity contribution < 1.29 is 14.4 Å². The molecule has 0 atom stereocenters. The summed E-state index contributed by atoms with van der Waals surface area (Å²) < 4.78 is 13.1. The number of halogens is 2. The van der Waals surface area contributed by atoms with E-state index in [0.717, 1.165) is 12.1 Å². The molecule has 0 aliphatic rings. The van der Waals surface area contributed by atoms with Gasteiger partial charge in [0.15, 0.2) is 0 Å². The Kier molecular flexibility index (Phi) is 3.15. The highest BCUT2D eigenvalue weighted by atomic mass is 127. The Morgan fingerprint density at radius 1 is 1.62 bits per heavy atom. The Hall–Kier alpha value is -0.760. The molecule has 0 bridgehead atoms. The lowest BCUT2D eigenvalue weighted by atomic mass is 10.2. The zero-order chi connectivity index (χ0) is 10.0. The van der Waals surface area contributed by atoms with Gasteiger partial charge in [-0.1, -0.05) is 0 Å². The second-order valence-electron chi connectivity index (χ2n) is 2.27. The molecule has 0 fully saturated rings. The van der Waals surface area contributed by atoms with Crippen LogP contribution in [0.1, 0.15) is 5.56 Å². The monoisotopic (exact) mass is 297 g/mol. The molecule has 1 aromatic carbocycles. The third-order valence-electron chi connectivity index (χ3n) is 1.52. The first-order valence-electron chi connectivity index (χ1n) is 3.30. The predicted octanol–water partition coefficient (Wildman–Crippen LogP) is 1.83. The van der Waals surface area contributed by atoms with Crippen LogP contribution < -0.4 is 0 Å². The number of hydrogen-bond donors (Lipinski definition) is 1. The quantitative estimate of drug-likeness (QED) is 0.514. The van der Waals surface area contributed by atoms with Gasteiger partial charge < -0.3 is 5.11 Å². The zero-order valence-corrected chi connectivity index (χ0v) is 8.49. The highest BCUT2D eigenvalue weighted by molar-refractivity contribution is 14.1. The first kappa shape index (κ1) is 10.3. The van der Waals surface area contributed by atoms with Crippen LogP contribution in [0.15, 0.2) is 12.1 Å². The van der Waals surface area contributed by atoms with E-state index in [9.17, 15) is 14.5 Å². The second kappa shape index (κ2) is 3.97. The molecule has 0 saturated carbocycles. The highest BCUT2D eigenvalue weighted by Crippen LogP contribution is 2.26. The molecule has 6 heteroatoms. The zero-order valence-electron chi connectivity index (χ0n) is 6.33. The van der Waals surface area contributed by atoms with Gasteiger partial charge in [0.2, 0.25) is 0 Å². The number of nitro groups is 1. The van der Waals surface area contributed by atoms with Gasteiger partial charge in [-0.15, -0.1) is 0 Å². The van der Waals surface area contributed by atoms with E-state index in [1.807, 2.05) is 0 Å². The van der Waals surface area contributed by atoms with Crippen molar-refractivity contribution in [1.29, 1.82) is 0 Å². The van der Waals surface area contributed by atoms with Crippen LogP contribution in [0.3, 0.4) is 0 Å². The lowest BCUT2D eigenvalue weighted by molar-refractivity contribution is -0.385. The molecule has 0 amide bonds. The van der Waals surface area contributed by atoms with Gasteiger partial charge >= 0.3 is 0 Å². The third kappa shape index (κ3) is 1.94. The van der Waals surface area contributed by atoms with E-state index in [1.165, 1.54) is 0 Å². The minimum atomic E-state index is -0.627. The van der Waals surface area contributed by atoms with E-state index in [0.29, 0.717) is 0 Å². The summed E-state index contributed by atoms with van der Waals surface area (Å²) in [6, 6.07) is 2.06. The summed E-state index contributed by atoms with van der Waals surface area (Å²) in [7, 11) is 0. The van der Waals surface area contributed by atoms with Crippen molar-refractivity contribution in [2.45, 2.75) is 6.61 Å². The molecule has 1 rings (SSSR count). The van der Waals surface area contributed by atoms with E-state index in [1.54, 1.807) is 22.6 Å². The van der Waals surface area contributed by atoms with Gasteiger partial charge in [-0.05, 0) is 28.7 Å². The van der Waals surface area contributed by atoms with Crippen LogP contribution >= 0.6 is 22.6 Å². The molecule has 0 heterocycles. The van der Waals surface area contributed by atoms with Crippen LogP contribution in [0.25, 0.3) is 0 Å². The van der Waals surface area contributed by atoms with Crippen molar-refractivity contribution >= 4 is 28.3 Å². The number of hydrogen-bond acceptors (Lipinski definition) is 3. The number of rotatable bonds is 2. The molecule has 4 nitrogen and oxygen atoms in total. The van der Waals surface area contributed by atoms with Gasteiger partial charge in [-0.25, -0.2) is 4.39 Å². The van der Waals surface area contributed by atoms with Crippen molar-refractivity contribution in [2.24, 2.45) is 0 Å². The third-order valence-corrected chi connectivity index (χ3v) is 2.72. The van der Waals surface area contributed by atoms with Crippen molar-refractivity contribution in [3.63, 3.8) is 0 Å². The second-order valence-corrected chi connectivity index (χ2v) is 3.35. The minimum Gasteiger partial charge on any atom is -0.392 e. The molecular weight excluding hydrogens is 292 g/mol. The Bertz CT molecular complexity index is 356.